The molecule has 0 unspecified atom stereocenters. The normalized spacial score (nSPS) is 11.5. The number of rotatable bonds is 8. The van der Waals surface area contributed by atoms with E-state index in [1.807, 2.05) is 358 Å². The lowest BCUT2D eigenvalue weighted by Gasteiger charge is -1.98. The Labute approximate surface area is 826 Å². The molecule has 0 saturated heterocycles. The van der Waals surface area contributed by atoms with E-state index in [0.29, 0.717) is 45.0 Å². The lowest BCUT2D eigenvalue weighted by molar-refractivity contribution is -0.383. The first kappa shape index (κ1) is 84.1. The van der Waals surface area contributed by atoms with Crippen LogP contribution in [0.2, 0.25) is 12.7 Å². The summed E-state index contributed by atoms with van der Waals surface area (Å²) < 4.78 is 85.8. The molecule has 0 radical (unpaired) electrons. The van der Waals surface area contributed by atoms with Gasteiger partial charge in [0.15, 0.2) is 12.7 Å². The van der Waals surface area contributed by atoms with E-state index in [2.05, 4.69) is 94.9 Å². The Morgan fingerprint density at radius 2 is 0.381 bits per heavy atom. The van der Waals surface area contributed by atoms with Crippen molar-refractivity contribution in [1.29, 1.82) is 5.72 Å². The van der Waals surface area contributed by atoms with Crippen LogP contribution in [0.3, 0.4) is 0 Å². The number of non-ortho nitro benzene ring substituents is 2. The predicted octanol–water partition coefficient (Wildman–Crippen LogP) is 26.3. The fourth-order valence-corrected chi connectivity index (χ4v) is 14.8. The largest absolute Gasteiger partial charge is 0.412 e. The molecule has 19 heteroatoms. The van der Waals surface area contributed by atoms with Gasteiger partial charge in [-0.3, -0.25) is 20.2 Å². The first-order valence-corrected chi connectivity index (χ1v) is 43.3. The highest BCUT2D eigenvalue weighted by molar-refractivity contribution is 5.99. The van der Waals surface area contributed by atoms with Crippen molar-refractivity contribution in [3.8, 4) is 0 Å². The van der Waals surface area contributed by atoms with Crippen LogP contribution >= 0.6 is 0 Å². The summed E-state index contributed by atoms with van der Waals surface area (Å²) in [5, 5.41) is 40.5. The van der Waals surface area contributed by atoms with Crippen LogP contribution in [0.15, 0.2) is 455 Å². The highest BCUT2D eigenvalue weighted by atomic mass is 16.6. The van der Waals surface area contributed by atoms with Gasteiger partial charge in [-0.15, -0.1) is 0 Å². The average molecular weight is 1840 g/mol. The summed E-state index contributed by atoms with van der Waals surface area (Å²) in [6.45, 7) is 0. The Bertz CT molecular complexity index is 7470. The van der Waals surface area contributed by atoms with Gasteiger partial charge < -0.3 is 73.7 Å². The van der Waals surface area contributed by atoms with E-state index in [1.165, 1.54) is 33.7 Å². The van der Waals surface area contributed by atoms with Crippen molar-refractivity contribution in [3.05, 3.63) is 527 Å². The molecule has 0 amide bonds. The fourth-order valence-electron chi connectivity index (χ4n) is 14.8. The molecule has 21 aromatic carbocycles. The zero-order valence-corrected chi connectivity index (χ0v) is 75.3. The Balaban J connectivity index is 0.000000168. The molecule has 3 aliphatic carbocycles. The summed E-state index contributed by atoms with van der Waals surface area (Å²) in [6.07, 6.45) is 25.4. The maximum Gasteiger partial charge on any atom is 0.277 e. The van der Waals surface area contributed by atoms with Crippen LogP contribution in [0.25, 0.3) is 133 Å². The maximum atomic E-state index is 10.6. The molecule has 0 bridgehead atoms. The molecule has 26 N–H and O–H groups in total. The minimum Gasteiger partial charge on any atom is -0.412 e. The number of nitro benzene ring substituents is 2. The number of nitrogens with two attached hydrogens (primary N) is 10. The Morgan fingerprint density at radius 3 is 0.583 bits per heavy atom. The molecule has 3 aliphatic rings. The van der Waals surface area contributed by atoms with Crippen molar-refractivity contribution in [3.63, 3.8) is 0 Å². The van der Waals surface area contributed by atoms with Crippen LogP contribution in [0.5, 0.6) is 0 Å². The molecule has 0 atom stereocenters. The Hall–Kier alpha value is -19.2. The van der Waals surface area contributed by atoms with Crippen LogP contribution < -0.4 is 57.3 Å². The molecule has 139 heavy (non-hydrogen) atoms. The molecule has 0 aliphatic heterocycles. The maximum absolute atomic E-state index is 10.6. The van der Waals surface area contributed by atoms with Crippen LogP contribution in [0, 0.1) is 38.5 Å². The van der Waals surface area contributed by atoms with Crippen LogP contribution in [0.1, 0.15) is 33.4 Å². The molecule has 24 rings (SSSR count). The van der Waals surface area contributed by atoms with Gasteiger partial charge in [0.2, 0.25) is 5.72 Å². The van der Waals surface area contributed by atoms with Crippen molar-refractivity contribution in [2.24, 2.45) is 0 Å². The highest BCUT2D eigenvalue weighted by Gasteiger charge is 2.15. The number of nitrogens with zero attached hydrogens (tertiary/aromatic N) is 2. The molecular formula is C120H107N12O7+3. The van der Waals surface area contributed by atoms with Crippen LogP contribution in [0.4, 0.5) is 68.2 Å². The van der Waals surface area contributed by atoms with Crippen molar-refractivity contribution >= 4 is 202 Å². The van der Waals surface area contributed by atoms with Gasteiger partial charge in [0.05, 0.1) is 72.6 Å². The minimum atomic E-state index is -0.359. The molecule has 0 fully saturated rings. The average Bonchev–Trinajstić information content (AvgIpc) is 0.815. The van der Waals surface area contributed by atoms with Crippen molar-refractivity contribution in [1.82, 2.24) is 0 Å². The fraction of sp³-hybridized carbons (Fsp3) is 0. The SMILES string of the molecule is Nc1cccc2ccccc12.Nc1cccc2ccccc12.Nc1cccc2ccccc12.Nc1cccc2ccccc12.O.O=[N+]([O-])c1cccc2ccccc12.O=[N+]([O-])c1cccc2ccccc12.[2H]N([2H])c1cccc2c1C=[C+]C=C2.[2H]N([2H])c1cccc2c1C=[C+]C=C2.[2H]N([2H])c1cccc2c1C=[C+]C=C2.[2H]Nc1cccc2ccccc12.[2H]Nc1cccc2ccccc12.[2H]Nc1cccc2ccccc12.[2H]O[2H].[2H]O[2H]. The molecule has 21 aromatic rings. The third-order valence-corrected chi connectivity index (χ3v) is 21.7. The van der Waals surface area contributed by atoms with Gasteiger partial charge in [0, 0.05) is 108 Å². The molecule has 686 valence electrons. The molecule has 0 aromatic heterocycles. The van der Waals surface area contributed by atoms with E-state index in [-0.39, 0.29) is 26.7 Å². The topological polar surface area (TPSA) is 441 Å². The predicted molar refractivity (Wildman–Crippen MR) is 593 cm³/mol. The number of hydrogen-bond acceptors (Lipinski definition) is 14. The molecule has 0 saturated carbocycles. The molecule has 19 nitrogen and oxygen atoms in total. The zero-order valence-electron chi connectivity index (χ0n) is 88.3. The number of benzene rings is 21. The van der Waals surface area contributed by atoms with Crippen LogP contribution in [-0.4, -0.2) is 32.0 Å². The number of fused-ring (bicyclic) bond motifs is 12. The van der Waals surface area contributed by atoms with Gasteiger partial charge in [-0.05, 0) is 139 Å². The Kier molecular flexibility index (Phi) is 31.2. The van der Waals surface area contributed by atoms with Gasteiger partial charge >= 0.3 is 0 Å². The van der Waals surface area contributed by atoms with Gasteiger partial charge in [0.25, 0.3) is 11.4 Å². The van der Waals surface area contributed by atoms with Crippen molar-refractivity contribution in [2.75, 3.05) is 57.3 Å². The molecule has 0 spiro atoms. The molecular weight excluding hydrogens is 1720 g/mol. The number of nitro groups is 2. The first-order valence-electron chi connectivity index (χ1n) is 49.2. The van der Waals surface area contributed by atoms with E-state index in [1.54, 1.807) is 72.8 Å². The minimum absolute atomic E-state index is 0. The second kappa shape index (κ2) is 51.6. The summed E-state index contributed by atoms with van der Waals surface area (Å²) in [6, 6.07) is 139. The van der Waals surface area contributed by atoms with E-state index in [9.17, 15) is 20.2 Å². The summed E-state index contributed by atoms with van der Waals surface area (Å²) in [5.41, 5.74) is 51.4. The first-order chi connectivity index (χ1) is 73.5. The monoisotopic (exact) mass is 1840 g/mol. The Morgan fingerprint density at radius 1 is 0.216 bits per heavy atom. The molecule has 0 heterocycles. The van der Waals surface area contributed by atoms with E-state index >= 15 is 0 Å². The summed E-state index contributed by atoms with van der Waals surface area (Å²) in [4.78, 5) is 20.5. The highest BCUT2D eigenvalue weighted by Crippen LogP contribution is 2.32. The number of anilines is 10. The van der Waals surface area contributed by atoms with Crippen LogP contribution in [-0.2, 0) is 0 Å². The second-order valence-electron chi connectivity index (χ2n) is 30.6. The lowest BCUT2D eigenvalue weighted by atomic mass is 10.0. The standard InChI is InChI=1S/2C10H7NO2.7C10H9N.3C10H8N.3H2O/c2*12-11(13)10-7-3-5-8-4-1-2-6-9(8)10;10*11-10-7-3-5-8-4-1-2-6-9(8)10;;;/h2*1-7H;7*1-7H,11H2;3*1,3-7H,11H2;3*1H2/q;;;;;;;;;3*+1;;;/i/hD13. The summed E-state index contributed by atoms with van der Waals surface area (Å²) in [5.74, 6) is 0. The van der Waals surface area contributed by atoms with E-state index < -0.39 is 0 Å². The third kappa shape index (κ3) is 28.0. The number of hydrogen-bond donors (Lipinski definition) is 10. The second-order valence-corrected chi connectivity index (χ2v) is 30.6. The smallest absolute Gasteiger partial charge is 0.277 e. The summed E-state index contributed by atoms with van der Waals surface area (Å²) >= 11 is 0. The van der Waals surface area contributed by atoms with Gasteiger partial charge in [-0.1, -0.05) is 334 Å². The van der Waals surface area contributed by atoms with Crippen molar-refractivity contribution in [2.45, 2.75) is 0 Å². The van der Waals surface area contributed by atoms with E-state index in [0.717, 1.165) is 138 Å². The summed E-state index contributed by atoms with van der Waals surface area (Å²) in [7, 11) is 0. The third-order valence-electron chi connectivity index (χ3n) is 21.7. The lowest BCUT2D eigenvalue weighted by Crippen LogP contribution is -1.92. The van der Waals surface area contributed by atoms with Gasteiger partial charge in [-0.2, -0.15) is 0 Å². The van der Waals surface area contributed by atoms with Gasteiger partial charge in [-0.25, -0.2) is 0 Å². The quantitative estimate of drug-likeness (QED) is 0.0293. The van der Waals surface area contributed by atoms with Crippen molar-refractivity contribution < 1.29 is 39.0 Å². The van der Waals surface area contributed by atoms with Gasteiger partial charge in [0.1, 0.15) is 53.1 Å². The number of allylic oxidation sites excluding steroid dienone is 6. The van der Waals surface area contributed by atoms with E-state index in [4.69, 9.17) is 41.4 Å². The zero-order chi connectivity index (χ0) is 108. The number of nitrogen functional groups attached to an aromatic ring is 10.